The Kier molecular flexibility index (Phi) is 8.99. The molecule has 0 aromatic heterocycles. The van der Waals surface area contributed by atoms with E-state index >= 15 is 0 Å². The van der Waals surface area contributed by atoms with Crippen LogP contribution in [-0.2, 0) is 10.0 Å². The molecule has 1 saturated heterocycles. The van der Waals surface area contributed by atoms with Gasteiger partial charge in [-0.15, -0.1) is 0 Å². The summed E-state index contributed by atoms with van der Waals surface area (Å²) in [4.78, 5) is 3.00. The van der Waals surface area contributed by atoms with Crippen molar-refractivity contribution < 1.29 is 8.42 Å². The zero-order valence-corrected chi connectivity index (χ0v) is 20.7. The Morgan fingerprint density at radius 2 is 1.45 bits per heavy atom. The molecule has 1 saturated carbocycles. The summed E-state index contributed by atoms with van der Waals surface area (Å²) in [5.74, 6) is 2.06. The maximum atomic E-state index is 12.6. The molecule has 1 heterocycles. The van der Waals surface area contributed by atoms with Crippen molar-refractivity contribution in [2.45, 2.75) is 68.6 Å². The monoisotopic (exact) mass is 468 g/mol. The van der Waals surface area contributed by atoms with Crippen LogP contribution in [0.15, 0.2) is 65.6 Å². The van der Waals surface area contributed by atoms with E-state index in [1.54, 1.807) is 24.3 Å². The van der Waals surface area contributed by atoms with Crippen LogP contribution in [0.3, 0.4) is 0 Å². The molecule has 1 aliphatic carbocycles. The van der Waals surface area contributed by atoms with Gasteiger partial charge in [-0.2, -0.15) is 0 Å². The number of rotatable bonds is 10. The maximum Gasteiger partial charge on any atom is 0.240 e. The third kappa shape index (κ3) is 7.14. The summed E-state index contributed by atoms with van der Waals surface area (Å²) < 4.78 is 28.1. The molecule has 33 heavy (non-hydrogen) atoms. The smallest absolute Gasteiger partial charge is 0.240 e. The normalized spacial score (nSPS) is 20.0. The number of hydrogen-bond donors (Lipinski definition) is 1. The fraction of sp³-hybridized carbons (Fsp3) is 0.571. The topological polar surface area (TPSA) is 49.4 Å². The minimum atomic E-state index is -3.42. The second kappa shape index (κ2) is 12.1. The quantitative estimate of drug-likeness (QED) is 0.478. The zero-order valence-electron chi connectivity index (χ0n) is 19.9. The average Bonchev–Trinajstić information content (AvgIpc) is 2.88. The first-order valence-electron chi connectivity index (χ1n) is 12.9. The van der Waals surface area contributed by atoms with E-state index in [2.05, 4.69) is 40.0 Å². The van der Waals surface area contributed by atoms with Crippen LogP contribution in [0, 0.1) is 11.8 Å². The van der Waals surface area contributed by atoms with Gasteiger partial charge in [0.2, 0.25) is 10.0 Å². The summed E-state index contributed by atoms with van der Waals surface area (Å²) in [5, 5.41) is 0. The number of likely N-dealkylation sites (tertiary alicyclic amines) is 1. The van der Waals surface area contributed by atoms with Crippen LogP contribution in [0.2, 0.25) is 0 Å². The molecule has 2 aromatic carbocycles. The third-order valence-corrected chi connectivity index (χ3v) is 9.33. The number of piperidine rings is 1. The fourth-order valence-corrected chi connectivity index (χ4v) is 6.92. The number of hydrogen-bond acceptors (Lipinski definition) is 3. The highest BCUT2D eigenvalue weighted by atomic mass is 32.2. The Morgan fingerprint density at radius 3 is 2.12 bits per heavy atom. The Morgan fingerprint density at radius 1 is 0.818 bits per heavy atom. The van der Waals surface area contributed by atoms with Gasteiger partial charge < -0.3 is 4.90 Å². The van der Waals surface area contributed by atoms with Crippen molar-refractivity contribution in [2.24, 2.45) is 11.8 Å². The second-order valence-corrected chi connectivity index (χ2v) is 11.7. The minimum Gasteiger partial charge on any atom is -0.303 e. The van der Waals surface area contributed by atoms with Gasteiger partial charge in [0, 0.05) is 6.54 Å². The number of benzene rings is 2. The van der Waals surface area contributed by atoms with Crippen molar-refractivity contribution in [1.82, 2.24) is 9.62 Å². The first-order chi connectivity index (χ1) is 16.1. The SMILES string of the molecule is O=S(=O)(NCCC(CCN1CCC(c2ccccc2)CC1)C1CCCCC1)c1ccccc1. The van der Waals surface area contributed by atoms with Gasteiger partial charge in [-0.1, -0.05) is 80.6 Å². The second-order valence-electron chi connectivity index (χ2n) is 9.97. The van der Waals surface area contributed by atoms with E-state index < -0.39 is 10.0 Å². The summed E-state index contributed by atoms with van der Waals surface area (Å²) in [6.45, 7) is 4.04. The van der Waals surface area contributed by atoms with Crippen LogP contribution < -0.4 is 4.72 Å². The van der Waals surface area contributed by atoms with E-state index in [0.29, 0.717) is 23.3 Å². The van der Waals surface area contributed by atoms with E-state index in [9.17, 15) is 8.42 Å². The molecule has 2 aliphatic rings. The van der Waals surface area contributed by atoms with Crippen LogP contribution in [-0.4, -0.2) is 39.5 Å². The number of nitrogens with zero attached hydrogens (tertiary/aromatic N) is 1. The predicted molar refractivity (Wildman–Crippen MR) is 136 cm³/mol. The zero-order chi connectivity index (χ0) is 22.9. The van der Waals surface area contributed by atoms with Gasteiger partial charge in [0.25, 0.3) is 0 Å². The predicted octanol–water partition coefficient (Wildman–Crippen LogP) is 5.82. The molecule has 1 N–H and O–H groups in total. The van der Waals surface area contributed by atoms with E-state index in [0.717, 1.165) is 18.9 Å². The maximum absolute atomic E-state index is 12.6. The molecule has 0 bridgehead atoms. The van der Waals surface area contributed by atoms with Gasteiger partial charge in [0.05, 0.1) is 4.90 Å². The van der Waals surface area contributed by atoms with Crippen LogP contribution in [0.4, 0.5) is 0 Å². The lowest BCUT2D eigenvalue weighted by Crippen LogP contribution is -2.36. The first kappa shape index (κ1) is 24.4. The van der Waals surface area contributed by atoms with Gasteiger partial charge in [-0.25, -0.2) is 13.1 Å². The first-order valence-corrected chi connectivity index (χ1v) is 14.4. The van der Waals surface area contributed by atoms with Crippen LogP contribution in [0.1, 0.15) is 69.3 Å². The molecule has 5 heteroatoms. The molecule has 1 unspecified atom stereocenters. The molecule has 4 rings (SSSR count). The summed E-state index contributed by atoms with van der Waals surface area (Å²) in [6.07, 6.45) is 11.3. The molecule has 180 valence electrons. The molecule has 0 spiro atoms. The van der Waals surface area contributed by atoms with Crippen molar-refractivity contribution in [1.29, 1.82) is 0 Å². The van der Waals surface area contributed by atoms with Gasteiger partial charge in [0.15, 0.2) is 0 Å². The van der Waals surface area contributed by atoms with Crippen molar-refractivity contribution in [2.75, 3.05) is 26.2 Å². The van der Waals surface area contributed by atoms with E-state index in [4.69, 9.17) is 0 Å². The number of sulfonamides is 1. The molecular formula is C28H40N2O2S. The summed E-state index contributed by atoms with van der Waals surface area (Å²) in [6, 6.07) is 19.7. The highest BCUT2D eigenvalue weighted by Gasteiger charge is 2.26. The Bertz CT molecular complexity index is 919. The molecular weight excluding hydrogens is 428 g/mol. The minimum absolute atomic E-state index is 0.362. The highest BCUT2D eigenvalue weighted by molar-refractivity contribution is 7.89. The average molecular weight is 469 g/mol. The van der Waals surface area contributed by atoms with Gasteiger partial charge >= 0.3 is 0 Å². The van der Waals surface area contributed by atoms with E-state index in [1.807, 2.05) is 6.07 Å². The Hall–Kier alpha value is -1.69. The molecule has 2 aromatic rings. The Labute approximate surface area is 200 Å². The summed E-state index contributed by atoms with van der Waals surface area (Å²) >= 11 is 0. The summed E-state index contributed by atoms with van der Waals surface area (Å²) in [5.41, 5.74) is 1.49. The molecule has 0 amide bonds. The summed E-state index contributed by atoms with van der Waals surface area (Å²) in [7, 11) is -3.42. The number of nitrogens with one attached hydrogen (secondary N) is 1. The van der Waals surface area contributed by atoms with Crippen LogP contribution in [0.25, 0.3) is 0 Å². The third-order valence-electron chi connectivity index (χ3n) is 7.85. The molecule has 1 aliphatic heterocycles. The standard InChI is InChI=1S/C28H40N2O2S/c31-33(32,28-14-8-3-9-15-28)29-20-16-26(24-10-4-1-5-11-24)17-21-30-22-18-27(19-23-30)25-12-6-2-7-13-25/h2-3,6-9,12-15,24,26-27,29H,1,4-5,10-11,16-23H2. The van der Waals surface area contributed by atoms with Crippen molar-refractivity contribution in [3.05, 3.63) is 66.2 Å². The molecule has 4 nitrogen and oxygen atoms in total. The van der Waals surface area contributed by atoms with E-state index in [1.165, 1.54) is 70.0 Å². The van der Waals surface area contributed by atoms with Crippen LogP contribution >= 0.6 is 0 Å². The van der Waals surface area contributed by atoms with Crippen molar-refractivity contribution in [3.8, 4) is 0 Å². The van der Waals surface area contributed by atoms with Gasteiger partial charge in [-0.3, -0.25) is 0 Å². The van der Waals surface area contributed by atoms with Crippen molar-refractivity contribution >= 4 is 10.0 Å². The fourth-order valence-electron chi connectivity index (χ4n) is 5.85. The lowest BCUT2D eigenvalue weighted by atomic mass is 9.77. The Balaban J connectivity index is 1.27. The lowest BCUT2D eigenvalue weighted by molar-refractivity contribution is 0.165. The molecule has 0 radical (unpaired) electrons. The van der Waals surface area contributed by atoms with Crippen molar-refractivity contribution in [3.63, 3.8) is 0 Å². The lowest BCUT2D eigenvalue weighted by Gasteiger charge is -2.35. The largest absolute Gasteiger partial charge is 0.303 e. The van der Waals surface area contributed by atoms with Crippen LogP contribution in [0.5, 0.6) is 0 Å². The highest BCUT2D eigenvalue weighted by Crippen LogP contribution is 2.34. The van der Waals surface area contributed by atoms with E-state index in [-0.39, 0.29) is 0 Å². The molecule has 1 atom stereocenters. The van der Waals surface area contributed by atoms with Gasteiger partial charge in [-0.05, 0) is 80.8 Å². The molecule has 2 fully saturated rings. The van der Waals surface area contributed by atoms with Gasteiger partial charge in [0.1, 0.15) is 0 Å².